The lowest BCUT2D eigenvalue weighted by atomic mass is 10.00. The van der Waals surface area contributed by atoms with E-state index in [0.29, 0.717) is 31.0 Å². The van der Waals surface area contributed by atoms with Gasteiger partial charge in [0.2, 0.25) is 11.9 Å². The van der Waals surface area contributed by atoms with Crippen LogP contribution in [0, 0.1) is 5.92 Å². The van der Waals surface area contributed by atoms with E-state index in [1.165, 1.54) is 0 Å². The summed E-state index contributed by atoms with van der Waals surface area (Å²) in [6, 6.07) is 3.82. The number of nitrogens with zero attached hydrogens (tertiary/aromatic N) is 4. The van der Waals surface area contributed by atoms with E-state index in [0.717, 1.165) is 11.3 Å². The molecule has 0 saturated carbocycles. The number of anilines is 1. The van der Waals surface area contributed by atoms with Crippen molar-refractivity contribution in [3.05, 3.63) is 47.5 Å². The van der Waals surface area contributed by atoms with E-state index in [1.807, 2.05) is 26.0 Å². The molecule has 2 aliphatic rings. The van der Waals surface area contributed by atoms with E-state index >= 15 is 0 Å². The number of rotatable bonds is 5. The zero-order valence-corrected chi connectivity index (χ0v) is 17.4. The second kappa shape index (κ2) is 7.70. The maximum atomic E-state index is 12.8. The number of aromatic nitrogens is 3. The SMILES string of the molecule is CC(C)CC(=O)N1C[C@H]2c3nc(NCc4cccnc4)ncc3CS(=O)(=O)[C@H]2C1. The summed E-state index contributed by atoms with van der Waals surface area (Å²) in [5, 5.41) is 2.59. The highest BCUT2D eigenvalue weighted by atomic mass is 32.2. The van der Waals surface area contributed by atoms with Crippen molar-refractivity contribution in [1.29, 1.82) is 0 Å². The van der Waals surface area contributed by atoms with Gasteiger partial charge in [-0.1, -0.05) is 19.9 Å². The first-order chi connectivity index (χ1) is 13.8. The van der Waals surface area contributed by atoms with Crippen molar-refractivity contribution in [2.24, 2.45) is 5.92 Å². The highest BCUT2D eigenvalue weighted by molar-refractivity contribution is 7.91. The van der Waals surface area contributed by atoms with Crippen LogP contribution in [0.1, 0.15) is 43.0 Å². The molecule has 8 nitrogen and oxygen atoms in total. The normalized spacial score (nSPS) is 22.2. The number of amides is 1. The van der Waals surface area contributed by atoms with E-state index in [1.54, 1.807) is 23.5 Å². The van der Waals surface area contributed by atoms with Crippen LogP contribution in [0.3, 0.4) is 0 Å². The largest absolute Gasteiger partial charge is 0.350 e. The Kier molecular flexibility index (Phi) is 5.24. The molecule has 154 valence electrons. The quantitative estimate of drug-likeness (QED) is 0.793. The summed E-state index contributed by atoms with van der Waals surface area (Å²) in [5.74, 6) is 0.327. The molecule has 0 aliphatic carbocycles. The zero-order valence-electron chi connectivity index (χ0n) is 16.6. The number of hydrogen-bond donors (Lipinski definition) is 1. The Labute approximate surface area is 170 Å². The van der Waals surface area contributed by atoms with Gasteiger partial charge in [0.15, 0.2) is 9.84 Å². The minimum Gasteiger partial charge on any atom is -0.350 e. The molecule has 1 amide bonds. The fourth-order valence-electron chi connectivity index (χ4n) is 4.03. The van der Waals surface area contributed by atoms with Gasteiger partial charge in [-0.15, -0.1) is 0 Å². The first-order valence-corrected chi connectivity index (χ1v) is 11.5. The maximum absolute atomic E-state index is 12.8. The predicted molar refractivity (Wildman–Crippen MR) is 109 cm³/mol. The van der Waals surface area contributed by atoms with Crippen molar-refractivity contribution >= 4 is 21.7 Å². The van der Waals surface area contributed by atoms with Gasteiger partial charge in [-0.3, -0.25) is 9.78 Å². The van der Waals surface area contributed by atoms with Gasteiger partial charge in [0.25, 0.3) is 0 Å². The van der Waals surface area contributed by atoms with Gasteiger partial charge in [0, 0.05) is 56.1 Å². The lowest BCUT2D eigenvalue weighted by Crippen LogP contribution is -2.36. The van der Waals surface area contributed by atoms with Crippen molar-refractivity contribution in [3.63, 3.8) is 0 Å². The molecule has 0 bridgehead atoms. The summed E-state index contributed by atoms with van der Waals surface area (Å²) < 4.78 is 25.6. The van der Waals surface area contributed by atoms with Crippen LogP contribution in [-0.4, -0.2) is 52.5 Å². The lowest BCUT2D eigenvalue weighted by molar-refractivity contribution is -0.130. The molecule has 0 unspecified atom stereocenters. The Morgan fingerprint density at radius 2 is 2.14 bits per heavy atom. The van der Waals surface area contributed by atoms with Crippen LogP contribution < -0.4 is 5.32 Å². The first-order valence-electron chi connectivity index (χ1n) is 9.81. The van der Waals surface area contributed by atoms with Gasteiger partial charge in [-0.05, 0) is 17.5 Å². The summed E-state index contributed by atoms with van der Waals surface area (Å²) in [6.07, 6.45) is 5.50. The Morgan fingerprint density at radius 3 is 2.86 bits per heavy atom. The monoisotopic (exact) mass is 415 g/mol. The van der Waals surface area contributed by atoms with Crippen LogP contribution in [0.2, 0.25) is 0 Å². The average Bonchev–Trinajstić information content (AvgIpc) is 3.14. The molecule has 1 fully saturated rings. The van der Waals surface area contributed by atoms with Crippen LogP contribution in [-0.2, 0) is 26.9 Å². The van der Waals surface area contributed by atoms with E-state index in [9.17, 15) is 13.2 Å². The number of carbonyl (C=O) groups excluding carboxylic acids is 1. The summed E-state index contributed by atoms with van der Waals surface area (Å²) in [4.78, 5) is 27.2. The Hall–Kier alpha value is -2.55. The second-order valence-electron chi connectivity index (χ2n) is 8.17. The molecular weight excluding hydrogens is 390 g/mol. The number of carbonyl (C=O) groups is 1. The lowest BCUT2D eigenvalue weighted by Gasteiger charge is -2.26. The van der Waals surface area contributed by atoms with Gasteiger partial charge < -0.3 is 10.2 Å². The summed E-state index contributed by atoms with van der Waals surface area (Å²) in [7, 11) is -3.34. The number of likely N-dealkylation sites (tertiary alicyclic amines) is 1. The van der Waals surface area contributed by atoms with Crippen LogP contribution in [0.25, 0.3) is 0 Å². The second-order valence-corrected chi connectivity index (χ2v) is 10.4. The standard InChI is InChI=1S/C20H25N5O3S/c1-13(2)6-18(26)25-10-16-17(11-25)29(27,28)12-15-9-23-20(24-19(15)16)22-8-14-4-3-5-21-7-14/h3-5,7,9,13,16-17H,6,8,10-12H2,1-2H3,(H,22,23,24)/t16-,17+/m1/s1. The van der Waals surface area contributed by atoms with Crippen molar-refractivity contribution in [1.82, 2.24) is 19.9 Å². The molecule has 1 saturated heterocycles. The van der Waals surface area contributed by atoms with Gasteiger partial charge in [0.1, 0.15) is 0 Å². The van der Waals surface area contributed by atoms with Crippen molar-refractivity contribution < 1.29 is 13.2 Å². The molecule has 2 atom stereocenters. The van der Waals surface area contributed by atoms with Crippen molar-refractivity contribution in [2.45, 2.75) is 43.7 Å². The number of fused-ring (bicyclic) bond motifs is 3. The summed E-state index contributed by atoms with van der Waals surface area (Å²) >= 11 is 0. The van der Waals surface area contributed by atoms with E-state index < -0.39 is 15.1 Å². The molecule has 4 heterocycles. The van der Waals surface area contributed by atoms with Crippen molar-refractivity contribution in [3.8, 4) is 0 Å². The number of pyridine rings is 1. The number of sulfone groups is 1. The highest BCUT2D eigenvalue weighted by Gasteiger charge is 2.48. The zero-order chi connectivity index (χ0) is 20.6. The number of hydrogen-bond acceptors (Lipinski definition) is 7. The Balaban J connectivity index is 1.57. The highest BCUT2D eigenvalue weighted by Crippen LogP contribution is 2.39. The summed E-state index contributed by atoms with van der Waals surface area (Å²) in [5.41, 5.74) is 2.38. The van der Waals surface area contributed by atoms with Crippen molar-refractivity contribution in [2.75, 3.05) is 18.4 Å². The number of nitrogens with one attached hydrogen (secondary N) is 1. The smallest absolute Gasteiger partial charge is 0.223 e. The fourth-order valence-corrected chi connectivity index (χ4v) is 6.02. The third-order valence-electron chi connectivity index (χ3n) is 5.44. The van der Waals surface area contributed by atoms with Crippen LogP contribution >= 0.6 is 0 Å². The Morgan fingerprint density at radius 1 is 1.31 bits per heavy atom. The molecule has 9 heteroatoms. The third kappa shape index (κ3) is 4.10. The van der Waals surface area contributed by atoms with Crippen LogP contribution in [0.5, 0.6) is 0 Å². The molecule has 2 aromatic heterocycles. The van der Waals surface area contributed by atoms with E-state index in [4.69, 9.17) is 0 Å². The van der Waals surface area contributed by atoms with Gasteiger partial charge in [0.05, 0.1) is 16.7 Å². The average molecular weight is 416 g/mol. The molecule has 4 rings (SSSR count). The topological polar surface area (TPSA) is 105 Å². The van der Waals surface area contributed by atoms with Gasteiger partial charge in [-0.25, -0.2) is 18.4 Å². The van der Waals surface area contributed by atoms with E-state index in [2.05, 4.69) is 20.3 Å². The van der Waals surface area contributed by atoms with Crippen LogP contribution in [0.15, 0.2) is 30.7 Å². The van der Waals surface area contributed by atoms with Gasteiger partial charge >= 0.3 is 0 Å². The molecule has 2 aromatic rings. The van der Waals surface area contributed by atoms with Gasteiger partial charge in [-0.2, -0.15) is 0 Å². The minimum atomic E-state index is -3.34. The predicted octanol–water partition coefficient (Wildman–Crippen LogP) is 1.75. The molecule has 0 radical (unpaired) electrons. The van der Waals surface area contributed by atoms with Crippen LogP contribution in [0.4, 0.5) is 5.95 Å². The maximum Gasteiger partial charge on any atom is 0.223 e. The fraction of sp³-hybridized carbons (Fsp3) is 0.500. The molecule has 0 spiro atoms. The molecule has 2 aliphatic heterocycles. The third-order valence-corrected chi connectivity index (χ3v) is 7.56. The first kappa shape index (κ1) is 19.8. The molecule has 0 aromatic carbocycles. The summed E-state index contributed by atoms with van der Waals surface area (Å²) in [6.45, 7) is 5.14. The Bertz CT molecular complexity index is 1010. The molecule has 29 heavy (non-hydrogen) atoms. The molecule has 1 N–H and O–H groups in total. The minimum absolute atomic E-state index is 0.00938. The van der Waals surface area contributed by atoms with E-state index in [-0.39, 0.29) is 30.0 Å². The molecular formula is C20H25N5O3S.